The predicted molar refractivity (Wildman–Crippen MR) is 117 cm³/mol. The van der Waals surface area contributed by atoms with Gasteiger partial charge in [-0.05, 0) is 60.9 Å². The second-order valence-corrected chi connectivity index (χ2v) is 7.79. The van der Waals surface area contributed by atoms with Crippen molar-refractivity contribution < 1.29 is 14.7 Å². The van der Waals surface area contributed by atoms with Gasteiger partial charge < -0.3 is 20.6 Å². The predicted octanol–water partition coefficient (Wildman–Crippen LogP) is 3.76. The molecule has 0 radical (unpaired) electrons. The number of pyridine rings is 1. The first kappa shape index (κ1) is 21.6. The number of carboxylic acids is 1. The molecule has 0 aliphatic carbocycles. The molecule has 7 nitrogen and oxygen atoms in total. The number of unbranched alkanes of at least 4 members (excludes halogenated alkanes) is 1. The Morgan fingerprint density at radius 2 is 2.00 bits per heavy atom. The van der Waals surface area contributed by atoms with Crippen LogP contribution >= 0.6 is 0 Å². The lowest BCUT2D eigenvalue weighted by Crippen LogP contribution is -2.40. The highest BCUT2D eigenvalue weighted by molar-refractivity contribution is 5.74. The summed E-state index contributed by atoms with van der Waals surface area (Å²) in [7, 11) is 0. The number of aromatic nitrogens is 1. The number of nitrogens with one attached hydrogen (secondary N) is 2. The topological polar surface area (TPSA) is 94.6 Å². The fraction of sp³-hybridized carbons (Fsp3) is 0.435. The van der Waals surface area contributed by atoms with Crippen molar-refractivity contribution >= 4 is 17.8 Å². The van der Waals surface area contributed by atoms with Crippen molar-refractivity contribution in [2.75, 3.05) is 25.0 Å². The lowest BCUT2D eigenvalue weighted by Gasteiger charge is -2.21. The molecule has 1 atom stereocenters. The molecule has 0 saturated heterocycles. The van der Waals surface area contributed by atoms with Crippen LogP contribution in [0.15, 0.2) is 42.6 Å². The van der Waals surface area contributed by atoms with Crippen LogP contribution in [-0.4, -0.2) is 46.6 Å². The lowest BCUT2D eigenvalue weighted by molar-refractivity contribution is -0.137. The number of carbonyl (C=O) groups excluding carboxylic acids is 1. The molecule has 1 unspecified atom stereocenters. The Bertz CT molecular complexity index is 871. The molecule has 0 fully saturated rings. The molecule has 0 saturated carbocycles. The number of nitrogens with zero attached hydrogens (tertiary/aromatic N) is 2. The van der Waals surface area contributed by atoms with Gasteiger partial charge in [-0.2, -0.15) is 0 Å². The van der Waals surface area contributed by atoms with Crippen molar-refractivity contribution in [3.05, 3.63) is 59.3 Å². The third kappa shape index (κ3) is 6.20. The van der Waals surface area contributed by atoms with Gasteiger partial charge in [-0.3, -0.25) is 4.79 Å². The maximum Gasteiger partial charge on any atom is 0.317 e. The Morgan fingerprint density at radius 1 is 1.20 bits per heavy atom. The van der Waals surface area contributed by atoms with Gasteiger partial charge in [0.25, 0.3) is 0 Å². The zero-order valence-corrected chi connectivity index (χ0v) is 17.4. The van der Waals surface area contributed by atoms with Gasteiger partial charge >= 0.3 is 12.0 Å². The summed E-state index contributed by atoms with van der Waals surface area (Å²) >= 11 is 0. The molecule has 3 rings (SSSR count). The van der Waals surface area contributed by atoms with Crippen LogP contribution < -0.4 is 10.6 Å². The second-order valence-electron chi connectivity index (χ2n) is 7.79. The summed E-state index contributed by atoms with van der Waals surface area (Å²) in [5.41, 5.74) is 3.25. The van der Waals surface area contributed by atoms with Crippen molar-refractivity contribution in [3.8, 4) is 0 Å². The third-order valence-corrected chi connectivity index (χ3v) is 5.41. The van der Waals surface area contributed by atoms with Gasteiger partial charge in [0.1, 0.15) is 5.82 Å². The average Bonchev–Trinajstić information content (AvgIpc) is 2.90. The van der Waals surface area contributed by atoms with Crippen LogP contribution in [0.2, 0.25) is 0 Å². The zero-order chi connectivity index (χ0) is 21.3. The van der Waals surface area contributed by atoms with Crippen LogP contribution in [0.5, 0.6) is 0 Å². The largest absolute Gasteiger partial charge is 0.481 e. The first-order chi connectivity index (χ1) is 14.5. The number of anilines is 1. The minimum atomic E-state index is -0.804. The smallest absolute Gasteiger partial charge is 0.317 e. The summed E-state index contributed by atoms with van der Waals surface area (Å²) in [4.78, 5) is 30.0. The van der Waals surface area contributed by atoms with Crippen LogP contribution in [0.4, 0.5) is 10.6 Å². The number of benzene rings is 1. The summed E-state index contributed by atoms with van der Waals surface area (Å²) in [5.74, 6) is 0.0122. The molecule has 2 amide bonds. The number of hydrogen-bond acceptors (Lipinski definition) is 4. The van der Waals surface area contributed by atoms with E-state index in [2.05, 4.69) is 15.6 Å². The molecule has 7 heteroatoms. The monoisotopic (exact) mass is 410 g/mol. The number of hydrogen-bond donors (Lipinski definition) is 3. The van der Waals surface area contributed by atoms with E-state index in [1.54, 1.807) is 11.1 Å². The van der Waals surface area contributed by atoms with Gasteiger partial charge in [0.15, 0.2) is 0 Å². The molecule has 0 bridgehead atoms. The highest BCUT2D eigenvalue weighted by atomic mass is 16.4. The Balaban J connectivity index is 1.44. The summed E-state index contributed by atoms with van der Waals surface area (Å²) in [6, 6.07) is 11.7. The third-order valence-electron chi connectivity index (χ3n) is 5.41. The summed E-state index contributed by atoms with van der Waals surface area (Å²) in [6.45, 7) is 4.52. The summed E-state index contributed by atoms with van der Waals surface area (Å²) in [6.07, 6.45) is 4.34. The van der Waals surface area contributed by atoms with Gasteiger partial charge in [-0.25, -0.2) is 9.78 Å². The maximum absolute atomic E-state index is 12.7. The quantitative estimate of drug-likeness (QED) is 0.576. The minimum Gasteiger partial charge on any atom is -0.481 e. The van der Waals surface area contributed by atoms with Crippen molar-refractivity contribution in [2.24, 2.45) is 0 Å². The molecule has 1 aliphatic rings. The van der Waals surface area contributed by atoms with Crippen LogP contribution in [0.25, 0.3) is 0 Å². The molecular weight excluding hydrogens is 380 g/mol. The van der Waals surface area contributed by atoms with Crippen molar-refractivity contribution in [2.45, 2.75) is 45.1 Å². The van der Waals surface area contributed by atoms with Crippen LogP contribution in [0, 0.1) is 6.92 Å². The van der Waals surface area contributed by atoms with E-state index in [0.717, 1.165) is 36.3 Å². The molecule has 30 heavy (non-hydrogen) atoms. The molecule has 2 heterocycles. The van der Waals surface area contributed by atoms with Crippen molar-refractivity contribution in [1.29, 1.82) is 0 Å². The number of urea groups is 1. The van der Waals surface area contributed by atoms with Crippen molar-refractivity contribution in [3.63, 3.8) is 0 Å². The fourth-order valence-corrected chi connectivity index (χ4v) is 3.83. The van der Waals surface area contributed by atoms with Crippen molar-refractivity contribution in [1.82, 2.24) is 15.2 Å². The maximum atomic E-state index is 12.7. The van der Waals surface area contributed by atoms with Gasteiger partial charge in [-0.1, -0.05) is 24.3 Å². The molecule has 0 spiro atoms. The van der Waals surface area contributed by atoms with Gasteiger partial charge in [0, 0.05) is 32.4 Å². The normalized spacial score (nSPS) is 15.8. The SMILES string of the molecule is Cc1ccnc(NCCCCNC(=O)N2CCC(CC(=O)O)c3ccccc3C2)c1. The number of aryl methyl sites for hydroxylation is 1. The Hall–Kier alpha value is -3.09. The van der Waals surface area contributed by atoms with Gasteiger partial charge in [0.05, 0.1) is 6.42 Å². The number of aliphatic carboxylic acids is 1. The Kier molecular flexibility index (Phi) is 7.65. The summed E-state index contributed by atoms with van der Waals surface area (Å²) in [5, 5.41) is 15.5. The van der Waals surface area contributed by atoms with Gasteiger partial charge in [0.2, 0.25) is 0 Å². The Morgan fingerprint density at radius 3 is 2.80 bits per heavy atom. The lowest BCUT2D eigenvalue weighted by atomic mass is 9.90. The first-order valence-corrected chi connectivity index (χ1v) is 10.5. The first-order valence-electron chi connectivity index (χ1n) is 10.5. The highest BCUT2D eigenvalue weighted by Crippen LogP contribution is 2.31. The van der Waals surface area contributed by atoms with E-state index >= 15 is 0 Å². The van der Waals surface area contributed by atoms with E-state index in [1.807, 2.05) is 43.3 Å². The standard InChI is InChI=1S/C23H30N4O3/c1-17-8-12-25-21(14-17)24-10-4-5-11-26-23(30)27-13-9-18(15-22(28)29)20-7-3-2-6-19(20)16-27/h2-3,6-8,12,14,18H,4-5,9-11,13,15-16H2,1H3,(H,24,25)(H,26,30)(H,28,29). The van der Waals surface area contributed by atoms with E-state index in [1.165, 1.54) is 5.56 Å². The van der Waals surface area contributed by atoms with E-state index in [0.29, 0.717) is 26.1 Å². The summed E-state index contributed by atoms with van der Waals surface area (Å²) < 4.78 is 0. The molecule has 2 aromatic rings. The van der Waals surface area contributed by atoms with E-state index in [4.69, 9.17) is 0 Å². The van der Waals surface area contributed by atoms with Crippen LogP contribution in [0.1, 0.15) is 48.3 Å². The molecule has 3 N–H and O–H groups in total. The minimum absolute atomic E-state index is 0.0576. The number of rotatable bonds is 8. The zero-order valence-electron chi connectivity index (χ0n) is 17.4. The number of amides is 2. The molecule has 160 valence electrons. The van der Waals surface area contributed by atoms with E-state index in [-0.39, 0.29) is 18.4 Å². The van der Waals surface area contributed by atoms with E-state index in [9.17, 15) is 14.7 Å². The highest BCUT2D eigenvalue weighted by Gasteiger charge is 2.26. The average molecular weight is 411 g/mol. The van der Waals surface area contributed by atoms with Crippen LogP contribution in [0.3, 0.4) is 0 Å². The molecule has 1 aliphatic heterocycles. The molecular formula is C23H30N4O3. The van der Waals surface area contributed by atoms with Gasteiger partial charge in [-0.15, -0.1) is 0 Å². The number of carboxylic acid groups (broad SMARTS) is 1. The van der Waals surface area contributed by atoms with Crippen LogP contribution in [-0.2, 0) is 11.3 Å². The Labute approximate surface area is 177 Å². The molecule has 1 aromatic carbocycles. The fourth-order valence-electron chi connectivity index (χ4n) is 3.83. The second kappa shape index (κ2) is 10.6. The number of fused-ring (bicyclic) bond motifs is 1. The molecule has 1 aromatic heterocycles. The van der Waals surface area contributed by atoms with E-state index < -0.39 is 5.97 Å². The number of carbonyl (C=O) groups is 2.